The predicted octanol–water partition coefficient (Wildman–Crippen LogP) is 0.996. The van der Waals surface area contributed by atoms with Crippen LogP contribution in [0.1, 0.15) is 35.5 Å². The summed E-state index contributed by atoms with van der Waals surface area (Å²) in [5.74, 6) is -5.36. The van der Waals surface area contributed by atoms with Gasteiger partial charge in [-0.05, 0) is 12.8 Å². The maximum absolute atomic E-state index is 15.3. The fourth-order valence-corrected chi connectivity index (χ4v) is 4.59. The number of carbonyl (C=O) groups is 2. The van der Waals surface area contributed by atoms with Gasteiger partial charge in [0.2, 0.25) is 5.91 Å². The fourth-order valence-electron chi connectivity index (χ4n) is 4.59. The molecular weight excluding hydrogens is 512 g/mol. The van der Waals surface area contributed by atoms with E-state index in [9.17, 15) is 14.0 Å². The molecule has 6 heterocycles. The molecular formula is C25H29F2N9O3. The van der Waals surface area contributed by atoms with Crippen molar-refractivity contribution in [3.63, 3.8) is 0 Å². The number of nitrogens with zero attached hydrogens (tertiary/aromatic N) is 7. The van der Waals surface area contributed by atoms with Crippen molar-refractivity contribution in [2.24, 2.45) is 5.92 Å². The molecule has 3 fully saturated rings. The second-order valence-corrected chi connectivity index (χ2v) is 9.14. The van der Waals surface area contributed by atoms with E-state index < -0.39 is 67.6 Å². The summed E-state index contributed by atoms with van der Waals surface area (Å²) in [6.07, 6.45) is 1.92. The minimum Gasteiger partial charge on any atom is -0.381 e. The number of anilines is 3. The largest absolute Gasteiger partial charge is 0.381 e. The highest BCUT2D eigenvalue weighted by atomic mass is 19.1. The van der Waals surface area contributed by atoms with Gasteiger partial charge in [0.15, 0.2) is 23.1 Å². The van der Waals surface area contributed by atoms with Gasteiger partial charge in [-0.1, -0.05) is 0 Å². The van der Waals surface area contributed by atoms with Crippen molar-refractivity contribution in [2.45, 2.75) is 18.9 Å². The number of nitrogens with one attached hydrogen (secondary N) is 1. The van der Waals surface area contributed by atoms with Crippen molar-refractivity contribution in [3.05, 3.63) is 42.0 Å². The molecule has 3 aliphatic rings. The number of piperidine rings is 1. The Balaban J connectivity index is 1.23. The molecule has 0 atom stereocenters. The highest BCUT2D eigenvalue weighted by Crippen LogP contribution is 2.33. The normalized spacial score (nSPS) is 27.9. The number of amides is 2. The van der Waals surface area contributed by atoms with Gasteiger partial charge in [-0.3, -0.25) is 19.5 Å². The van der Waals surface area contributed by atoms with Crippen LogP contribution in [-0.2, 0) is 9.53 Å². The van der Waals surface area contributed by atoms with Gasteiger partial charge in [0, 0.05) is 50.5 Å². The molecule has 6 rings (SSSR count). The second-order valence-electron chi connectivity index (χ2n) is 9.14. The quantitative estimate of drug-likeness (QED) is 0.477. The number of carbonyl (C=O) groups excluding carboxylic acids is 2. The topological polar surface area (TPSA) is 134 Å². The number of halogens is 2. The summed E-state index contributed by atoms with van der Waals surface area (Å²) in [4.78, 5) is 36.6. The van der Waals surface area contributed by atoms with E-state index in [1.807, 2.05) is 0 Å². The molecule has 3 aromatic heterocycles. The van der Waals surface area contributed by atoms with Crippen LogP contribution < -0.4 is 16.0 Å². The number of pyridine rings is 1. The third-order valence-electron chi connectivity index (χ3n) is 6.70. The van der Waals surface area contributed by atoms with Gasteiger partial charge in [-0.15, -0.1) is 5.10 Å². The average molecular weight is 551 g/mol. The minimum atomic E-state index is -3.30. The van der Waals surface area contributed by atoms with E-state index in [0.29, 0.717) is 4.90 Å². The van der Waals surface area contributed by atoms with Crippen molar-refractivity contribution in [2.75, 3.05) is 68.2 Å². The predicted molar refractivity (Wildman–Crippen MR) is 137 cm³/mol. The smallest absolute Gasteiger partial charge is 0.263 e. The molecule has 0 spiro atoms. The summed E-state index contributed by atoms with van der Waals surface area (Å²) >= 11 is 0. The van der Waals surface area contributed by atoms with Gasteiger partial charge in [0.25, 0.3) is 5.91 Å². The maximum atomic E-state index is 15.3. The average Bonchev–Trinajstić information content (AvgIpc) is 3.28. The Morgan fingerprint density at radius 3 is 2.59 bits per heavy atom. The third kappa shape index (κ3) is 4.85. The van der Waals surface area contributed by atoms with Crippen molar-refractivity contribution >= 4 is 34.7 Å². The Morgan fingerprint density at radius 2 is 1.90 bits per heavy atom. The third-order valence-corrected chi connectivity index (χ3v) is 6.70. The van der Waals surface area contributed by atoms with E-state index in [1.54, 1.807) is 0 Å². The van der Waals surface area contributed by atoms with Gasteiger partial charge in [0.05, 0.1) is 56.6 Å². The molecule has 0 saturated carbocycles. The molecule has 39 heavy (non-hydrogen) atoms. The zero-order valence-electron chi connectivity index (χ0n) is 29.3. The molecule has 3 saturated heterocycles. The Hall–Kier alpha value is -3.91. The summed E-state index contributed by atoms with van der Waals surface area (Å²) in [5, 5.41) is 6.32. The van der Waals surface area contributed by atoms with Crippen molar-refractivity contribution in [1.29, 1.82) is 0 Å². The van der Waals surface area contributed by atoms with Crippen LogP contribution in [0.3, 0.4) is 0 Å². The van der Waals surface area contributed by atoms with Gasteiger partial charge in [-0.2, -0.15) is 0 Å². The van der Waals surface area contributed by atoms with E-state index in [2.05, 4.69) is 20.4 Å². The van der Waals surface area contributed by atoms with E-state index in [4.69, 9.17) is 22.8 Å². The fraction of sp³-hybridized carbons (Fsp3) is 0.480. The first-order valence-electron chi connectivity index (χ1n) is 16.5. The van der Waals surface area contributed by atoms with E-state index in [1.165, 1.54) is 4.90 Å². The lowest BCUT2D eigenvalue weighted by atomic mass is 9.94. The summed E-state index contributed by atoms with van der Waals surface area (Å²) in [5.41, 5.74) is 5.08. The molecule has 0 bridgehead atoms. The van der Waals surface area contributed by atoms with Crippen LogP contribution in [0.2, 0.25) is 0 Å². The highest BCUT2D eigenvalue weighted by molar-refractivity contribution is 6.12. The number of ether oxygens (including phenoxy) is 1. The summed E-state index contributed by atoms with van der Waals surface area (Å²) < 4.78 is 111. The SMILES string of the molecule is [2H]c1nc2c(C(=O)Nc3cncc(F)c3N3CCC(C(=O)N4C([2H])([2H])C([2H])([2H])N(C5COC5)C([2H])([2H])C4([2H])[2H])CC3)c(N)nn2cc1F. The van der Waals surface area contributed by atoms with E-state index in [0.717, 1.165) is 23.1 Å². The zero-order chi connectivity index (χ0) is 35.1. The van der Waals surface area contributed by atoms with Crippen LogP contribution in [0.15, 0.2) is 24.8 Å². The Kier molecular flexibility index (Phi) is 4.49. The maximum Gasteiger partial charge on any atom is 0.263 e. The standard InChI is InChI=1S/C25H29F2N9O3/c26-16-9-30-23-20(22(28)32-36(23)12-16)24(37)31-19-11-29-10-18(27)21(19)34-3-1-15(2-4-34)25(38)35-7-5-33(6-8-35)17-13-39-14-17/h9-12,15,17H,1-8,13-14H2,(H2,28,32)(H,31,37)/i5D2,6D2,7D2,8D2,9D. The summed E-state index contributed by atoms with van der Waals surface area (Å²) in [6.45, 7) is -13.3. The number of rotatable bonds is 5. The summed E-state index contributed by atoms with van der Waals surface area (Å²) in [7, 11) is 0. The highest BCUT2D eigenvalue weighted by Gasteiger charge is 2.34. The molecule has 0 aromatic carbocycles. The number of nitrogens with two attached hydrogens (primary N) is 1. The molecule has 0 radical (unpaired) electrons. The first-order chi connectivity index (χ1) is 22.3. The van der Waals surface area contributed by atoms with Crippen molar-refractivity contribution in [1.82, 2.24) is 29.4 Å². The van der Waals surface area contributed by atoms with Gasteiger partial charge in [0.1, 0.15) is 11.3 Å². The lowest BCUT2D eigenvalue weighted by Crippen LogP contribution is -2.58. The number of fused-ring (bicyclic) bond motifs is 1. The summed E-state index contributed by atoms with van der Waals surface area (Å²) in [6, 6.07) is -0.954. The molecule has 0 unspecified atom stereocenters. The van der Waals surface area contributed by atoms with Crippen molar-refractivity contribution in [3.8, 4) is 0 Å². The Bertz CT molecular complexity index is 1780. The molecule has 3 aliphatic heterocycles. The van der Waals surface area contributed by atoms with Crippen LogP contribution in [0, 0.1) is 17.6 Å². The van der Waals surface area contributed by atoms with E-state index in [-0.39, 0.29) is 72.4 Å². The van der Waals surface area contributed by atoms with Crippen LogP contribution in [0.4, 0.5) is 26.0 Å². The number of hydrogen-bond donors (Lipinski definition) is 2. The van der Waals surface area contributed by atoms with Gasteiger partial charge >= 0.3 is 0 Å². The first-order valence-corrected chi connectivity index (χ1v) is 12.0. The molecule has 2 amide bonds. The number of piperazine rings is 1. The number of aromatic nitrogens is 4. The van der Waals surface area contributed by atoms with Crippen molar-refractivity contribution < 1.29 is 35.4 Å². The van der Waals surface area contributed by atoms with Crippen LogP contribution in [-0.4, -0.2) is 99.5 Å². The molecule has 3 aromatic rings. The Morgan fingerprint density at radius 1 is 1.15 bits per heavy atom. The van der Waals surface area contributed by atoms with Gasteiger partial charge in [-0.25, -0.2) is 18.3 Å². The molecule has 206 valence electrons. The van der Waals surface area contributed by atoms with Crippen LogP contribution in [0.25, 0.3) is 5.65 Å². The number of nitrogen functional groups attached to an aromatic ring is 1. The lowest BCUT2D eigenvalue weighted by Gasteiger charge is -2.43. The zero-order valence-corrected chi connectivity index (χ0v) is 20.3. The second kappa shape index (κ2) is 10.3. The minimum absolute atomic E-state index is 0.0256. The molecule has 3 N–H and O–H groups in total. The van der Waals surface area contributed by atoms with Crippen LogP contribution in [0.5, 0.6) is 0 Å². The Labute approximate surface area is 235 Å². The molecule has 14 heteroatoms. The lowest BCUT2D eigenvalue weighted by molar-refractivity contribution is -0.140. The van der Waals surface area contributed by atoms with Gasteiger partial charge < -0.3 is 25.6 Å². The van der Waals surface area contributed by atoms with E-state index >= 15 is 4.39 Å². The molecule has 12 nitrogen and oxygen atoms in total. The monoisotopic (exact) mass is 550 g/mol. The molecule has 0 aliphatic carbocycles. The first kappa shape index (κ1) is 16.9. The number of hydrogen-bond acceptors (Lipinski definition) is 9. The van der Waals surface area contributed by atoms with Crippen LogP contribution >= 0.6 is 0 Å².